The van der Waals surface area contributed by atoms with Gasteiger partial charge in [-0.25, -0.2) is 4.79 Å². The first-order valence-corrected chi connectivity index (χ1v) is 11.0. The van der Waals surface area contributed by atoms with Gasteiger partial charge >= 0.3 is 5.97 Å². The van der Waals surface area contributed by atoms with Crippen molar-refractivity contribution in [2.45, 2.75) is 52.7 Å². The number of aryl methyl sites for hydroxylation is 2. The van der Waals surface area contributed by atoms with E-state index in [-0.39, 0.29) is 0 Å². The van der Waals surface area contributed by atoms with Crippen LogP contribution >= 0.6 is 15.9 Å². The van der Waals surface area contributed by atoms with E-state index in [0.717, 1.165) is 44.4 Å². The minimum atomic E-state index is -1.18. The van der Waals surface area contributed by atoms with Gasteiger partial charge in [-0.15, -0.1) is 0 Å². The normalized spacial score (nSPS) is 14.4. The quantitative estimate of drug-likeness (QED) is 0.522. The van der Waals surface area contributed by atoms with Gasteiger partial charge in [-0.2, -0.15) is 0 Å². The average molecular weight is 485 g/mol. The van der Waals surface area contributed by atoms with Crippen LogP contribution in [-0.2, 0) is 16.0 Å². The smallest absolute Gasteiger partial charge is 0.337 e. The molecule has 7 heteroatoms. The molecule has 3 aromatic rings. The van der Waals surface area contributed by atoms with E-state index < -0.39 is 17.7 Å². The Morgan fingerprint density at radius 3 is 2.65 bits per heavy atom. The van der Waals surface area contributed by atoms with Crippen LogP contribution in [0.5, 0.6) is 5.75 Å². The molecule has 3 heterocycles. The van der Waals surface area contributed by atoms with Crippen molar-refractivity contribution in [3.8, 4) is 16.9 Å². The van der Waals surface area contributed by atoms with E-state index in [9.17, 15) is 9.90 Å². The molecule has 31 heavy (non-hydrogen) atoms. The van der Waals surface area contributed by atoms with Gasteiger partial charge < -0.3 is 14.6 Å². The number of benzene rings is 1. The number of halogens is 1. The van der Waals surface area contributed by atoms with Crippen LogP contribution in [-0.4, -0.2) is 33.3 Å². The minimum Gasteiger partial charge on any atom is -0.493 e. The number of carboxylic acids is 1. The number of hydrogen-bond acceptors (Lipinski definition) is 5. The van der Waals surface area contributed by atoms with Gasteiger partial charge in [0.15, 0.2) is 6.10 Å². The summed E-state index contributed by atoms with van der Waals surface area (Å²) in [5.41, 5.74) is 4.77. The Kier molecular flexibility index (Phi) is 5.52. The number of aliphatic carboxylic acids is 1. The highest BCUT2D eigenvalue weighted by Gasteiger charge is 2.33. The molecule has 0 aliphatic carbocycles. The maximum absolute atomic E-state index is 12.3. The Balaban J connectivity index is 2.07. The van der Waals surface area contributed by atoms with Crippen molar-refractivity contribution in [3.63, 3.8) is 0 Å². The molecule has 0 bridgehead atoms. The predicted molar refractivity (Wildman–Crippen MR) is 123 cm³/mol. The third-order valence-corrected chi connectivity index (χ3v) is 6.30. The van der Waals surface area contributed by atoms with E-state index in [0.29, 0.717) is 17.9 Å². The largest absolute Gasteiger partial charge is 0.493 e. The second kappa shape index (κ2) is 7.88. The van der Waals surface area contributed by atoms with E-state index in [1.54, 1.807) is 6.20 Å². The van der Waals surface area contributed by atoms with Gasteiger partial charge in [-0.1, -0.05) is 0 Å². The molecule has 6 nitrogen and oxygen atoms in total. The van der Waals surface area contributed by atoms with E-state index in [1.807, 2.05) is 52.8 Å². The highest BCUT2D eigenvalue weighted by atomic mass is 79.9. The molecule has 1 aromatic carbocycles. The zero-order chi connectivity index (χ0) is 22.5. The van der Waals surface area contributed by atoms with Crippen LogP contribution in [0.25, 0.3) is 22.0 Å². The molecular weight excluding hydrogens is 460 g/mol. The molecule has 1 atom stereocenters. The summed E-state index contributed by atoms with van der Waals surface area (Å²) in [7, 11) is 0. The van der Waals surface area contributed by atoms with Crippen molar-refractivity contribution in [2.24, 2.45) is 0 Å². The molecule has 1 aliphatic rings. The summed E-state index contributed by atoms with van der Waals surface area (Å²) < 4.78 is 12.6. The molecule has 4 rings (SSSR count). The summed E-state index contributed by atoms with van der Waals surface area (Å²) >= 11 is 3.68. The average Bonchev–Trinajstić information content (AvgIpc) is 2.69. The number of nitrogens with zero attached hydrogens (tertiary/aromatic N) is 2. The van der Waals surface area contributed by atoms with Crippen LogP contribution in [0.1, 0.15) is 49.4 Å². The Labute approximate surface area is 189 Å². The standard InChI is InChI=1S/C24H25BrN2O4/c1-12-17(22(23(28)29)31-24(3,4)5)19(20(25)13(2)27-12)15-6-7-16-18-14(9-11-30-16)8-10-26-21(15)18/h6-8,10,22H,9,11H2,1-5H3,(H,28,29). The van der Waals surface area contributed by atoms with Crippen LogP contribution < -0.4 is 4.74 Å². The molecule has 1 aliphatic heterocycles. The van der Waals surface area contributed by atoms with Gasteiger partial charge in [0, 0.05) is 44.9 Å². The van der Waals surface area contributed by atoms with E-state index >= 15 is 0 Å². The summed E-state index contributed by atoms with van der Waals surface area (Å²) in [5, 5.41) is 11.1. The summed E-state index contributed by atoms with van der Waals surface area (Å²) in [6.07, 6.45) is 1.43. The monoisotopic (exact) mass is 484 g/mol. The maximum atomic E-state index is 12.3. The van der Waals surface area contributed by atoms with E-state index in [4.69, 9.17) is 9.47 Å². The van der Waals surface area contributed by atoms with Gasteiger partial charge in [-0.3, -0.25) is 9.97 Å². The second-order valence-corrected chi connectivity index (χ2v) is 9.53. The van der Waals surface area contributed by atoms with Crippen molar-refractivity contribution < 1.29 is 19.4 Å². The number of pyridine rings is 2. The SMILES string of the molecule is Cc1nc(C)c(C(OC(C)(C)C)C(=O)O)c(-c2ccc3c4c(ccnc24)CCO3)c1Br. The van der Waals surface area contributed by atoms with E-state index in [1.165, 1.54) is 5.56 Å². The van der Waals surface area contributed by atoms with Gasteiger partial charge in [0.05, 0.1) is 23.4 Å². The molecule has 1 N–H and O–H groups in total. The molecule has 0 spiro atoms. The lowest BCUT2D eigenvalue weighted by Gasteiger charge is -2.28. The van der Waals surface area contributed by atoms with Gasteiger partial charge in [0.2, 0.25) is 0 Å². The summed E-state index contributed by atoms with van der Waals surface area (Å²) in [4.78, 5) is 21.6. The molecule has 2 aromatic heterocycles. The fraction of sp³-hybridized carbons (Fsp3) is 0.375. The number of hydrogen-bond donors (Lipinski definition) is 1. The van der Waals surface area contributed by atoms with Crippen LogP contribution in [0.15, 0.2) is 28.9 Å². The van der Waals surface area contributed by atoms with Crippen LogP contribution in [0.3, 0.4) is 0 Å². The molecular formula is C24H25BrN2O4. The van der Waals surface area contributed by atoms with Crippen molar-refractivity contribution in [3.05, 3.63) is 51.4 Å². The van der Waals surface area contributed by atoms with Crippen LogP contribution in [0.2, 0.25) is 0 Å². The zero-order valence-corrected chi connectivity index (χ0v) is 19.8. The number of ether oxygens (including phenoxy) is 2. The summed E-state index contributed by atoms with van der Waals surface area (Å²) in [6, 6.07) is 5.89. The predicted octanol–water partition coefficient (Wildman–Crippen LogP) is 5.55. The highest BCUT2D eigenvalue weighted by molar-refractivity contribution is 9.10. The van der Waals surface area contributed by atoms with Gasteiger partial charge in [0.1, 0.15) is 5.75 Å². The lowest BCUT2D eigenvalue weighted by Crippen LogP contribution is -2.28. The number of carboxylic acid groups (broad SMARTS) is 1. The molecule has 0 saturated carbocycles. The van der Waals surface area contributed by atoms with E-state index in [2.05, 4.69) is 25.9 Å². The van der Waals surface area contributed by atoms with Gasteiger partial charge in [-0.05, 0) is 74.3 Å². The lowest BCUT2D eigenvalue weighted by atomic mass is 9.91. The number of carbonyl (C=O) groups is 1. The third kappa shape index (κ3) is 3.92. The summed E-state index contributed by atoms with van der Waals surface area (Å²) in [5.74, 6) is -0.259. The molecule has 1 unspecified atom stereocenters. The van der Waals surface area contributed by atoms with Crippen molar-refractivity contribution in [1.29, 1.82) is 0 Å². The topological polar surface area (TPSA) is 81.5 Å². The Hall–Kier alpha value is -2.51. The van der Waals surface area contributed by atoms with Crippen molar-refractivity contribution >= 4 is 32.8 Å². The Bertz CT molecular complexity index is 1190. The lowest BCUT2D eigenvalue weighted by molar-refractivity contribution is -0.160. The first-order valence-electron chi connectivity index (χ1n) is 10.2. The fourth-order valence-corrected chi connectivity index (χ4v) is 4.63. The Morgan fingerprint density at radius 2 is 1.97 bits per heavy atom. The summed E-state index contributed by atoms with van der Waals surface area (Å²) in [6.45, 7) is 9.88. The third-order valence-electron chi connectivity index (χ3n) is 5.33. The van der Waals surface area contributed by atoms with Gasteiger partial charge in [0.25, 0.3) is 0 Å². The first kappa shape index (κ1) is 21.7. The Morgan fingerprint density at radius 1 is 1.23 bits per heavy atom. The number of rotatable bonds is 4. The minimum absolute atomic E-state index is 0.527. The first-order chi connectivity index (χ1) is 14.6. The molecule has 0 radical (unpaired) electrons. The van der Waals surface area contributed by atoms with Crippen LogP contribution in [0.4, 0.5) is 0 Å². The molecule has 0 fully saturated rings. The molecule has 0 saturated heterocycles. The second-order valence-electron chi connectivity index (χ2n) is 8.74. The molecule has 0 amide bonds. The van der Waals surface area contributed by atoms with Crippen LogP contribution in [0, 0.1) is 13.8 Å². The number of aromatic nitrogens is 2. The zero-order valence-electron chi connectivity index (χ0n) is 18.2. The fourth-order valence-electron chi connectivity index (χ4n) is 4.11. The maximum Gasteiger partial charge on any atom is 0.337 e. The van der Waals surface area contributed by atoms with Crippen molar-refractivity contribution in [1.82, 2.24) is 9.97 Å². The van der Waals surface area contributed by atoms with Crippen molar-refractivity contribution in [2.75, 3.05) is 6.61 Å². The highest BCUT2D eigenvalue weighted by Crippen LogP contribution is 2.45. The molecule has 162 valence electrons.